The Morgan fingerprint density at radius 3 is 2.43 bits per heavy atom. The first-order valence-corrected chi connectivity index (χ1v) is 8.33. The molecule has 116 valence electrons. The van der Waals surface area contributed by atoms with Gasteiger partial charge in [-0.25, -0.2) is 0 Å². The number of nitrogens with one attached hydrogen (secondary N) is 1. The van der Waals surface area contributed by atoms with Crippen LogP contribution < -0.4 is 5.32 Å². The van der Waals surface area contributed by atoms with Crippen LogP contribution in [0.2, 0.25) is 0 Å². The van der Waals surface area contributed by atoms with E-state index in [1.54, 1.807) is 0 Å². The van der Waals surface area contributed by atoms with Gasteiger partial charge in [0, 0.05) is 17.5 Å². The molecule has 0 spiro atoms. The van der Waals surface area contributed by atoms with Gasteiger partial charge in [-0.15, -0.1) is 11.6 Å². The van der Waals surface area contributed by atoms with Gasteiger partial charge in [-0.2, -0.15) is 0 Å². The monoisotopic (exact) mass is 307 g/mol. The first-order chi connectivity index (χ1) is 9.88. The fourth-order valence-electron chi connectivity index (χ4n) is 2.99. The fourth-order valence-corrected chi connectivity index (χ4v) is 3.25. The lowest BCUT2D eigenvalue weighted by Gasteiger charge is -2.26. The first-order valence-electron chi connectivity index (χ1n) is 7.89. The lowest BCUT2D eigenvalue weighted by molar-refractivity contribution is 0.0941. The van der Waals surface area contributed by atoms with Crippen molar-refractivity contribution in [3.8, 4) is 0 Å². The van der Waals surface area contributed by atoms with Crippen molar-refractivity contribution in [2.24, 2.45) is 5.92 Å². The molecular weight excluding hydrogens is 282 g/mol. The molecule has 0 radical (unpaired) electrons. The third-order valence-electron chi connectivity index (χ3n) is 4.31. The second kappa shape index (κ2) is 6.83. The number of carbonyl (C=O) groups is 1. The maximum atomic E-state index is 12.5. The Balaban J connectivity index is 1.98. The minimum absolute atomic E-state index is 0.0232. The van der Waals surface area contributed by atoms with Crippen molar-refractivity contribution in [3.05, 3.63) is 35.4 Å². The summed E-state index contributed by atoms with van der Waals surface area (Å²) in [5, 5.41) is 3.45. The van der Waals surface area contributed by atoms with Gasteiger partial charge in [0.1, 0.15) is 0 Å². The normalized spacial score (nSPS) is 22.9. The lowest BCUT2D eigenvalue weighted by atomic mass is 9.83. The molecule has 1 fully saturated rings. The summed E-state index contributed by atoms with van der Waals surface area (Å²) in [7, 11) is 0. The number of benzene rings is 1. The van der Waals surface area contributed by atoms with Crippen LogP contribution in [-0.2, 0) is 5.41 Å². The number of rotatable bonds is 3. The number of hydrogen-bond acceptors (Lipinski definition) is 1. The Bertz CT molecular complexity index is 484. The molecule has 0 aromatic heterocycles. The van der Waals surface area contributed by atoms with E-state index in [1.165, 1.54) is 0 Å². The predicted octanol–water partition coefficient (Wildman–Crippen LogP) is 4.51. The summed E-state index contributed by atoms with van der Waals surface area (Å²) in [5.74, 6) is 0.624. The van der Waals surface area contributed by atoms with Crippen LogP contribution in [0.15, 0.2) is 24.3 Å². The van der Waals surface area contributed by atoms with E-state index in [1.807, 2.05) is 24.3 Å². The zero-order valence-electron chi connectivity index (χ0n) is 13.3. The summed E-state index contributed by atoms with van der Waals surface area (Å²) in [6.07, 6.45) is 4.38. The van der Waals surface area contributed by atoms with Gasteiger partial charge in [-0.05, 0) is 48.6 Å². The Morgan fingerprint density at radius 1 is 1.19 bits per heavy atom. The molecule has 1 aromatic rings. The minimum atomic E-state index is -0.0232. The number of carbonyl (C=O) groups excluding carboxylic acids is 1. The Kier molecular flexibility index (Phi) is 5.32. The van der Waals surface area contributed by atoms with Crippen molar-refractivity contribution in [3.63, 3.8) is 0 Å². The zero-order valence-corrected chi connectivity index (χ0v) is 14.0. The summed E-state index contributed by atoms with van der Waals surface area (Å²) < 4.78 is 0. The van der Waals surface area contributed by atoms with Crippen molar-refractivity contribution in [1.29, 1.82) is 0 Å². The fraction of sp³-hybridized carbons (Fsp3) is 0.611. The molecule has 1 N–H and O–H groups in total. The van der Waals surface area contributed by atoms with Gasteiger partial charge in [0.15, 0.2) is 0 Å². The van der Waals surface area contributed by atoms with Crippen LogP contribution in [0.5, 0.6) is 0 Å². The van der Waals surface area contributed by atoms with Crippen LogP contribution in [0.3, 0.4) is 0 Å². The molecule has 2 nitrogen and oxygen atoms in total. The van der Waals surface area contributed by atoms with Crippen LogP contribution in [0.25, 0.3) is 0 Å². The SMILES string of the molecule is CC(C)(C)c1ccccc1C(=O)NCC1CCC(Cl)CC1. The summed E-state index contributed by atoms with van der Waals surface area (Å²) >= 11 is 6.12. The van der Waals surface area contributed by atoms with E-state index < -0.39 is 0 Å². The van der Waals surface area contributed by atoms with E-state index in [0.717, 1.165) is 43.4 Å². The van der Waals surface area contributed by atoms with E-state index in [2.05, 4.69) is 26.1 Å². The Labute approximate surface area is 133 Å². The van der Waals surface area contributed by atoms with Gasteiger partial charge in [-0.3, -0.25) is 4.79 Å². The van der Waals surface area contributed by atoms with Crippen LogP contribution in [0.4, 0.5) is 0 Å². The third-order valence-corrected chi connectivity index (χ3v) is 4.74. The number of hydrogen-bond donors (Lipinski definition) is 1. The molecule has 2 rings (SSSR count). The predicted molar refractivity (Wildman–Crippen MR) is 89.1 cm³/mol. The van der Waals surface area contributed by atoms with Gasteiger partial charge in [-0.1, -0.05) is 39.0 Å². The van der Waals surface area contributed by atoms with Crippen molar-refractivity contribution >= 4 is 17.5 Å². The largest absolute Gasteiger partial charge is 0.352 e. The minimum Gasteiger partial charge on any atom is -0.352 e. The van der Waals surface area contributed by atoms with E-state index in [-0.39, 0.29) is 11.3 Å². The molecule has 1 amide bonds. The van der Waals surface area contributed by atoms with Crippen LogP contribution in [0, 0.1) is 5.92 Å². The second-order valence-corrected chi connectivity index (χ2v) is 7.74. The van der Waals surface area contributed by atoms with Crippen LogP contribution in [-0.4, -0.2) is 17.8 Å². The highest BCUT2D eigenvalue weighted by Crippen LogP contribution is 2.28. The molecule has 1 aliphatic carbocycles. The van der Waals surface area contributed by atoms with Gasteiger partial charge in [0.05, 0.1) is 0 Å². The summed E-state index contributed by atoms with van der Waals surface area (Å²) in [4.78, 5) is 12.5. The number of amides is 1. The average Bonchev–Trinajstić information content (AvgIpc) is 2.45. The van der Waals surface area contributed by atoms with Crippen molar-refractivity contribution in [2.75, 3.05) is 6.54 Å². The van der Waals surface area contributed by atoms with E-state index in [9.17, 15) is 4.79 Å². The van der Waals surface area contributed by atoms with Crippen LogP contribution >= 0.6 is 11.6 Å². The maximum Gasteiger partial charge on any atom is 0.251 e. The zero-order chi connectivity index (χ0) is 15.5. The second-order valence-electron chi connectivity index (χ2n) is 7.12. The lowest BCUT2D eigenvalue weighted by Crippen LogP contribution is -2.33. The molecule has 3 heteroatoms. The van der Waals surface area contributed by atoms with Gasteiger partial charge >= 0.3 is 0 Å². The smallest absolute Gasteiger partial charge is 0.251 e. The molecule has 21 heavy (non-hydrogen) atoms. The number of alkyl halides is 1. The first kappa shape index (κ1) is 16.4. The highest BCUT2D eigenvalue weighted by atomic mass is 35.5. The standard InChI is InChI=1S/C18H26ClNO/c1-18(2,3)16-7-5-4-6-15(16)17(21)20-12-13-8-10-14(19)11-9-13/h4-7,13-14H,8-12H2,1-3H3,(H,20,21). The highest BCUT2D eigenvalue weighted by Gasteiger charge is 2.23. The summed E-state index contributed by atoms with van der Waals surface area (Å²) in [6.45, 7) is 7.18. The third kappa shape index (κ3) is 4.47. The molecule has 1 aliphatic rings. The molecule has 0 saturated heterocycles. The Morgan fingerprint density at radius 2 is 1.81 bits per heavy atom. The van der Waals surface area contributed by atoms with Crippen LogP contribution in [0.1, 0.15) is 62.4 Å². The quantitative estimate of drug-likeness (QED) is 0.818. The van der Waals surface area contributed by atoms with Crippen molar-refractivity contribution in [1.82, 2.24) is 5.32 Å². The van der Waals surface area contributed by atoms with Gasteiger partial charge in [0.2, 0.25) is 0 Å². The highest BCUT2D eigenvalue weighted by molar-refractivity contribution is 6.20. The van der Waals surface area contributed by atoms with Gasteiger partial charge in [0.25, 0.3) is 5.91 Å². The molecule has 0 bridgehead atoms. The molecule has 1 saturated carbocycles. The van der Waals surface area contributed by atoms with E-state index >= 15 is 0 Å². The molecule has 1 aromatic carbocycles. The van der Waals surface area contributed by atoms with Crippen molar-refractivity contribution in [2.45, 2.75) is 57.2 Å². The van der Waals surface area contributed by atoms with Gasteiger partial charge < -0.3 is 5.32 Å². The summed E-state index contributed by atoms with van der Waals surface area (Å²) in [6, 6.07) is 7.90. The average molecular weight is 308 g/mol. The maximum absolute atomic E-state index is 12.5. The van der Waals surface area contributed by atoms with E-state index in [0.29, 0.717) is 11.3 Å². The summed E-state index contributed by atoms with van der Waals surface area (Å²) in [5.41, 5.74) is 1.88. The molecular formula is C18H26ClNO. The van der Waals surface area contributed by atoms with E-state index in [4.69, 9.17) is 11.6 Å². The number of halogens is 1. The molecule has 0 unspecified atom stereocenters. The molecule has 0 aliphatic heterocycles. The van der Waals surface area contributed by atoms with Crippen molar-refractivity contribution < 1.29 is 4.79 Å². The topological polar surface area (TPSA) is 29.1 Å². The molecule has 0 atom stereocenters. The molecule has 0 heterocycles. The Hall–Kier alpha value is -1.02.